The van der Waals surface area contributed by atoms with Gasteiger partial charge in [0.25, 0.3) is 6.47 Å². The van der Waals surface area contributed by atoms with Crippen molar-refractivity contribution in [3.8, 4) is 81.8 Å². The summed E-state index contributed by atoms with van der Waals surface area (Å²) in [5.74, 6) is -4.65. The molecule has 4 aliphatic carbocycles. The van der Waals surface area contributed by atoms with Gasteiger partial charge in [0, 0.05) is 13.8 Å². The Labute approximate surface area is 630 Å². The van der Waals surface area contributed by atoms with Gasteiger partial charge in [-0.2, -0.15) is 21.0 Å². The summed E-state index contributed by atoms with van der Waals surface area (Å²) < 4.78 is 102. The Bertz CT molecular complexity index is 3890. The zero-order valence-corrected chi connectivity index (χ0v) is 60.6. The van der Waals surface area contributed by atoms with E-state index in [1.54, 1.807) is 42.5 Å². The van der Waals surface area contributed by atoms with E-state index < -0.39 is 41.5 Å². The molecule has 0 saturated carbocycles. The van der Waals surface area contributed by atoms with Crippen molar-refractivity contribution in [1.29, 1.82) is 21.0 Å². The van der Waals surface area contributed by atoms with Crippen molar-refractivity contribution < 1.29 is 185 Å². The van der Waals surface area contributed by atoms with Gasteiger partial charge in [-0.1, -0.05) is 62.8 Å². The zero-order valence-electron chi connectivity index (χ0n) is 55.4. The molecule has 1 unspecified atom stereocenters. The molecule has 0 amide bonds. The third kappa shape index (κ3) is 14.0. The molecule has 0 bridgehead atoms. The van der Waals surface area contributed by atoms with Crippen LogP contribution in [-0.2, 0) is 42.2 Å². The quantitative estimate of drug-likeness (QED) is 0.0188. The Kier molecular flexibility index (Phi) is 25.6. The maximum Gasteiger partial charge on any atom is 1.00 e. The second kappa shape index (κ2) is 30.4. The van der Waals surface area contributed by atoms with Crippen molar-refractivity contribution in [2.75, 3.05) is 21.4 Å². The summed E-state index contributed by atoms with van der Waals surface area (Å²) in [5.41, 5.74) is 7.31. The van der Waals surface area contributed by atoms with Crippen LogP contribution in [0.3, 0.4) is 0 Å². The summed E-state index contributed by atoms with van der Waals surface area (Å²) in [7, 11) is 2.35. The first kappa shape index (κ1) is 75.8. The van der Waals surface area contributed by atoms with Gasteiger partial charge in [-0.3, -0.25) is 9.18 Å². The number of hydrogen-bond donors (Lipinski definition) is 4. The Balaban J connectivity index is 0.000000690. The SMILES string of the molecule is C.CC1(C)CC2(CC(C)(C)c3cc(O)c(O)cc32)c2cc(O)c(O)cc21.COc1cc2c(cc1OC)C1(CC2(C)C)CC(C)(C)c2cc3c(cc21)Oc1c(C#N)c(C)c(C)c(C#N)c1O3.N#Cc1c(F)c(F)c(C#N)c(F)c1F.O=CO[O-].S=BI.[2H]CF.[3H][3H].[H-].[K+].[K+]. The average Bonchev–Trinajstić information content (AvgIpc) is 1.52. The van der Waals surface area contributed by atoms with Crippen molar-refractivity contribution in [2.24, 2.45) is 0 Å². The smallest absolute Gasteiger partial charge is 1.00 e. The Hall–Kier alpha value is -4.95. The number of nitrogens with zero attached hydrogens (tertiary/aromatic N) is 4. The van der Waals surface area contributed by atoms with Gasteiger partial charge in [0.15, 0.2) is 80.8 Å². The number of ether oxygens (including phenoxy) is 4. The molecular weight excluding hydrogens is 1360 g/mol. The molecule has 25 heteroatoms. The number of carbonyl (C=O) groups is 1. The minimum Gasteiger partial charge on any atom is -1.00 e. The van der Waals surface area contributed by atoms with Crippen LogP contribution in [0, 0.1) is 82.4 Å². The largest absolute Gasteiger partial charge is 1.00 e. The van der Waals surface area contributed by atoms with Crippen LogP contribution < -0.4 is 127 Å². The first-order valence-electron chi connectivity index (χ1n) is 28.1. The molecule has 4 N–H and O–H groups in total. The van der Waals surface area contributed by atoms with Crippen LogP contribution >= 0.6 is 34.4 Å². The second-order valence-corrected chi connectivity index (χ2v) is 25.6. The van der Waals surface area contributed by atoms with Gasteiger partial charge in [-0.15, -0.1) is 0 Å². The number of phenolic OH excluding ortho intramolecular Hbond substituents is 4. The minimum atomic E-state index is -1.86. The number of nitriles is 4. The molecule has 15 nitrogen and oxygen atoms in total. The number of benzene rings is 6. The predicted molar refractivity (Wildman–Crippen MR) is 330 cm³/mol. The van der Waals surface area contributed by atoms with Crippen LogP contribution in [0.15, 0.2) is 48.5 Å². The summed E-state index contributed by atoms with van der Waals surface area (Å²) in [5, 5.41) is 84.9. The average molecular weight is 1430 g/mol. The van der Waals surface area contributed by atoms with Crippen LogP contribution in [0.4, 0.5) is 22.0 Å². The van der Waals surface area contributed by atoms with Crippen LogP contribution in [0.1, 0.15) is 172 Å². The number of methoxy groups -OCH3 is 2. The molecule has 0 fully saturated rings. The van der Waals surface area contributed by atoms with Crippen molar-refractivity contribution in [2.45, 2.75) is 135 Å². The predicted octanol–water partition coefficient (Wildman–Crippen LogP) is 8.93. The third-order valence-corrected chi connectivity index (χ3v) is 16.9. The topological polar surface area (TPSA) is 262 Å². The molecule has 466 valence electrons. The van der Waals surface area contributed by atoms with Crippen molar-refractivity contribution in [3.05, 3.63) is 150 Å². The van der Waals surface area contributed by atoms with Gasteiger partial charge in [0.05, 0.1) is 22.7 Å². The molecule has 1 heterocycles. The Morgan fingerprint density at radius 1 is 0.600 bits per heavy atom. The Morgan fingerprint density at radius 2 is 0.822 bits per heavy atom. The fourth-order valence-electron chi connectivity index (χ4n) is 13.6. The molecule has 2 spiro atoms. The van der Waals surface area contributed by atoms with Crippen LogP contribution in [-0.4, -0.2) is 52.3 Å². The van der Waals surface area contributed by atoms with E-state index in [-0.39, 0.29) is 174 Å². The molecule has 6 aromatic carbocycles. The summed E-state index contributed by atoms with van der Waals surface area (Å²) in [6, 6.07) is 21.6. The summed E-state index contributed by atoms with van der Waals surface area (Å²) in [6.45, 7) is 21.2. The van der Waals surface area contributed by atoms with Crippen molar-refractivity contribution in [1.82, 2.24) is 0 Å². The molecule has 5 aliphatic rings. The third-order valence-electron chi connectivity index (χ3n) is 16.9. The van der Waals surface area contributed by atoms with Gasteiger partial charge < -0.3 is 50.9 Å². The number of rotatable bonds is 3. The maximum absolute atomic E-state index is 12.7. The molecule has 6 aromatic rings. The van der Waals surface area contributed by atoms with Gasteiger partial charge in [0.2, 0.25) is 0 Å². The molecule has 90 heavy (non-hydrogen) atoms. The number of phenols is 4. The molecule has 11 rings (SSSR count). The van der Waals surface area contributed by atoms with E-state index in [4.69, 9.17) is 43.9 Å². The first-order chi connectivity index (χ1) is 42.2. The second-order valence-electron chi connectivity index (χ2n) is 23.9. The van der Waals surface area contributed by atoms with Crippen LogP contribution in [0.5, 0.6) is 57.5 Å². The van der Waals surface area contributed by atoms with E-state index in [1.807, 2.05) is 36.2 Å². The number of alkyl halides is 1. The molecular formula is C65H67BF5IK2N4O11S. The number of carbonyl (C=O) groups excluding carboxylic acids is 1. The van der Waals surface area contributed by atoms with E-state index in [0.717, 1.165) is 82.7 Å². The molecule has 0 radical (unpaired) electrons. The molecule has 1 atom stereocenters. The zero-order chi connectivity index (χ0) is 68.1. The number of halogens is 6. The fourth-order valence-corrected chi connectivity index (χ4v) is 13.6. The standard InChI is InChI=1S/C33H32N2O4.C21H24O4.C8F4N2.CH3F.CH2O3.CH4.BIS.2K.H2.H/c1-17-18(2)20(14-35)30-29(19(17)13-34)38-27-10-22-24(12-28(27)39-30)33(16-32(22,5)6)15-31(3,4)21-9-25(36-7)26(37-8)11-23(21)33;1-19(2)9-21(13-7-17(24)15(22)5-11(13)19)10-20(3,4)12-6-16(23)18(25)8-14(12)21;9-5-3(1-13)6(10)8(12)4(2-14)7(5)11;1-2;2-1-4-3;;2-1-3;;;;/h9-12H,15-16H2,1-8H3;5-8,22-25H,9-10H2,1-4H3;;1H3;1,3H;1H4;;;;1H;/q;;;;;;;2*+1;;-1/p-1/i;;;1D;;;;;;1+2T;. The summed E-state index contributed by atoms with van der Waals surface area (Å²) in [4.78, 5) is 11.2. The number of fused-ring (bicyclic) bond motifs is 10. The van der Waals surface area contributed by atoms with Gasteiger partial charge in [-0.25, -0.2) is 17.6 Å². The first-order valence-corrected chi connectivity index (χ1v) is 28.1. The van der Waals surface area contributed by atoms with E-state index in [2.05, 4.69) is 109 Å². The van der Waals surface area contributed by atoms with Gasteiger partial charge in [0.1, 0.15) is 46.5 Å². The normalized spacial score (nSPS) is 16.9. The van der Waals surface area contributed by atoms with Crippen LogP contribution in [0.2, 0.25) is 0 Å². The van der Waals surface area contributed by atoms with E-state index in [0.29, 0.717) is 34.1 Å². The Morgan fingerprint density at radius 3 is 1.09 bits per heavy atom. The number of hydrogen-bond acceptors (Lipinski definition) is 16. The van der Waals surface area contributed by atoms with Gasteiger partial charge in [-0.05, 0) is 165 Å². The monoisotopic (exact) mass is 1430 g/mol. The van der Waals surface area contributed by atoms with E-state index >= 15 is 0 Å². The minimum absolute atomic E-state index is 0. The molecule has 1 aliphatic heterocycles. The summed E-state index contributed by atoms with van der Waals surface area (Å²) in [6.07, 6.45) is 3.48. The summed E-state index contributed by atoms with van der Waals surface area (Å²) >= 11 is 6.23. The van der Waals surface area contributed by atoms with Gasteiger partial charge >= 0.3 is 141 Å². The maximum atomic E-state index is 12.7. The van der Waals surface area contributed by atoms with E-state index in [9.17, 15) is 52.9 Å². The molecule has 0 saturated heterocycles. The molecule has 0 aromatic heterocycles. The van der Waals surface area contributed by atoms with Crippen molar-refractivity contribution >= 4 is 44.9 Å². The van der Waals surface area contributed by atoms with E-state index in [1.165, 1.54) is 22.3 Å². The van der Waals surface area contributed by atoms with Crippen molar-refractivity contribution in [3.63, 3.8) is 0 Å². The number of aromatic hydroxyl groups is 4. The van der Waals surface area contributed by atoms with Crippen LogP contribution in [0.25, 0.3) is 0 Å². The fraction of sp³-hybridized carbons (Fsp3) is 0.369.